The van der Waals surface area contributed by atoms with Crippen molar-refractivity contribution in [1.82, 2.24) is 14.9 Å². The number of amides is 2. The van der Waals surface area contributed by atoms with Gasteiger partial charge in [0, 0.05) is 24.4 Å². The maximum absolute atomic E-state index is 14.1. The molecule has 0 aliphatic carbocycles. The second-order valence-corrected chi connectivity index (χ2v) is 9.38. The van der Waals surface area contributed by atoms with E-state index in [1.165, 1.54) is 27.9 Å². The fourth-order valence-corrected chi connectivity index (χ4v) is 4.34. The minimum atomic E-state index is -0.985. The number of nitrogens with zero attached hydrogens (tertiary/aromatic N) is 3. The van der Waals surface area contributed by atoms with Gasteiger partial charge in [-0.1, -0.05) is 48.6 Å². The molecular weight excluding hydrogens is 537 g/mol. The van der Waals surface area contributed by atoms with Crippen LogP contribution in [0.2, 0.25) is 0 Å². The molecule has 0 spiro atoms. The number of nitrogens with one attached hydrogen (secondary N) is 1. The van der Waals surface area contributed by atoms with Crippen molar-refractivity contribution in [2.75, 3.05) is 18.4 Å². The van der Waals surface area contributed by atoms with Gasteiger partial charge in [-0.3, -0.25) is 24.1 Å². The van der Waals surface area contributed by atoms with Gasteiger partial charge in [-0.05, 0) is 18.6 Å². The Bertz CT molecular complexity index is 1530. The van der Waals surface area contributed by atoms with Crippen molar-refractivity contribution in [1.29, 1.82) is 0 Å². The van der Waals surface area contributed by atoms with Crippen LogP contribution in [0.25, 0.3) is 0 Å². The molecule has 214 valence electrons. The van der Waals surface area contributed by atoms with Crippen molar-refractivity contribution >= 4 is 11.8 Å². The van der Waals surface area contributed by atoms with Crippen molar-refractivity contribution in [2.24, 2.45) is 0 Å². The number of carbonyl (C=O) groups excluding carboxylic acids is 2. The highest BCUT2D eigenvalue weighted by Gasteiger charge is 2.38. The van der Waals surface area contributed by atoms with Crippen LogP contribution in [0.3, 0.4) is 0 Å². The minimum absolute atomic E-state index is 0.00720. The zero-order valence-corrected chi connectivity index (χ0v) is 22.4. The van der Waals surface area contributed by atoms with E-state index in [0.29, 0.717) is 11.6 Å². The van der Waals surface area contributed by atoms with Crippen LogP contribution in [0, 0.1) is 11.6 Å². The lowest BCUT2D eigenvalue weighted by molar-refractivity contribution is 0.0605. The molecule has 1 aromatic heterocycles. The average molecular weight is 567 g/mol. The highest BCUT2D eigenvalue weighted by Crippen LogP contribution is 2.26. The summed E-state index contributed by atoms with van der Waals surface area (Å²) in [5, 5.41) is 4.08. The van der Waals surface area contributed by atoms with Crippen LogP contribution in [-0.2, 0) is 13.2 Å². The zero-order valence-electron chi connectivity index (χ0n) is 22.4. The summed E-state index contributed by atoms with van der Waals surface area (Å²) in [6.07, 6.45) is 4.07. The summed E-state index contributed by atoms with van der Waals surface area (Å²) in [7, 11) is 0. The second kappa shape index (κ2) is 12.6. The fraction of sp³-hybridized carbons (Fsp3) is 0.233. The lowest BCUT2D eigenvalue weighted by atomic mass is 10.1. The molecule has 11 heteroatoms. The molecule has 0 saturated heterocycles. The lowest BCUT2D eigenvalue weighted by Crippen LogP contribution is -2.59. The number of hydrogen-bond donors (Lipinski definition) is 1. The Labute approximate surface area is 234 Å². The minimum Gasteiger partial charge on any atom is -0.482 e. The smallest absolute Gasteiger partial charge is 0.278 e. The number of carbonyl (C=O) groups is 2. The molecule has 1 unspecified atom stereocenters. The van der Waals surface area contributed by atoms with Gasteiger partial charge >= 0.3 is 0 Å². The SMILES string of the molecule is C=CC(C)N1CN([C@@H](C=C)CF)C(=O)c2c(OCc3ccccc3)c(=O)c(C(=O)NCc3ccc(F)cc3F)cn21. The van der Waals surface area contributed by atoms with Crippen LogP contribution in [0.15, 0.2) is 84.8 Å². The highest BCUT2D eigenvalue weighted by atomic mass is 19.1. The van der Waals surface area contributed by atoms with Crippen LogP contribution >= 0.6 is 0 Å². The largest absolute Gasteiger partial charge is 0.482 e. The topological polar surface area (TPSA) is 83.9 Å². The van der Waals surface area contributed by atoms with Crippen molar-refractivity contribution in [2.45, 2.75) is 32.2 Å². The zero-order chi connectivity index (χ0) is 29.7. The number of halogens is 3. The van der Waals surface area contributed by atoms with Gasteiger partial charge in [0.15, 0.2) is 11.4 Å². The molecule has 0 radical (unpaired) electrons. The first kappa shape index (κ1) is 29.2. The highest BCUT2D eigenvalue weighted by molar-refractivity contribution is 5.99. The molecule has 2 amide bonds. The molecule has 2 heterocycles. The Morgan fingerprint density at radius 3 is 2.49 bits per heavy atom. The molecule has 0 saturated carbocycles. The summed E-state index contributed by atoms with van der Waals surface area (Å²) in [5.41, 5.74) is -0.773. The normalized spacial score (nSPS) is 14.2. The summed E-state index contributed by atoms with van der Waals surface area (Å²) in [6, 6.07) is 10.4. The number of fused-ring (bicyclic) bond motifs is 1. The van der Waals surface area contributed by atoms with Gasteiger partial charge in [-0.15, -0.1) is 13.2 Å². The van der Waals surface area contributed by atoms with Crippen molar-refractivity contribution in [3.8, 4) is 5.75 Å². The molecule has 1 aliphatic rings. The number of aromatic nitrogens is 1. The van der Waals surface area contributed by atoms with Crippen molar-refractivity contribution in [3.63, 3.8) is 0 Å². The predicted octanol–water partition coefficient (Wildman–Crippen LogP) is 4.09. The van der Waals surface area contributed by atoms with Gasteiger partial charge in [0.1, 0.15) is 37.1 Å². The first-order valence-corrected chi connectivity index (χ1v) is 12.8. The van der Waals surface area contributed by atoms with Gasteiger partial charge < -0.3 is 15.0 Å². The van der Waals surface area contributed by atoms with E-state index in [1.54, 1.807) is 48.3 Å². The third-order valence-electron chi connectivity index (χ3n) is 6.75. The Morgan fingerprint density at radius 2 is 1.85 bits per heavy atom. The van der Waals surface area contributed by atoms with E-state index >= 15 is 0 Å². The Balaban J connectivity index is 1.82. The van der Waals surface area contributed by atoms with Gasteiger partial charge in [0.05, 0.1) is 12.1 Å². The number of pyridine rings is 1. The Morgan fingerprint density at radius 1 is 1.12 bits per heavy atom. The van der Waals surface area contributed by atoms with Crippen LogP contribution in [0.4, 0.5) is 13.2 Å². The maximum Gasteiger partial charge on any atom is 0.278 e. The molecule has 8 nitrogen and oxygen atoms in total. The van der Waals surface area contributed by atoms with E-state index in [2.05, 4.69) is 18.5 Å². The van der Waals surface area contributed by atoms with Crippen LogP contribution < -0.4 is 20.5 Å². The van der Waals surface area contributed by atoms with Gasteiger partial charge in [-0.2, -0.15) is 0 Å². The Hall–Kier alpha value is -4.80. The third kappa shape index (κ3) is 6.03. The molecule has 4 rings (SSSR count). The number of rotatable bonds is 11. The third-order valence-corrected chi connectivity index (χ3v) is 6.75. The molecule has 1 N–H and O–H groups in total. The second-order valence-electron chi connectivity index (χ2n) is 9.38. The quantitative estimate of drug-likeness (QED) is 0.354. The molecule has 1 aliphatic heterocycles. The van der Waals surface area contributed by atoms with E-state index in [1.807, 2.05) is 0 Å². The standard InChI is InChI=1S/C30H29F3N4O4/c1-4-19(3)37-18-35(23(5-2)14-31)30(40)26-28(41-17-20-9-7-6-8-10-20)27(38)24(16-36(26)37)29(39)34-15-21-11-12-22(32)13-25(21)33/h4-13,16,19,23H,1-2,14-15,17-18H2,3H3,(H,34,39)/t19?,23-/m0/s1. The molecule has 2 aromatic carbocycles. The molecule has 0 fully saturated rings. The van der Waals surface area contributed by atoms with Crippen LogP contribution in [-0.4, -0.2) is 46.8 Å². The number of benzene rings is 2. The van der Waals surface area contributed by atoms with Crippen LogP contribution in [0.5, 0.6) is 5.75 Å². The summed E-state index contributed by atoms with van der Waals surface area (Å²) in [5.74, 6) is -3.60. The molecule has 3 aromatic rings. The molecule has 0 bridgehead atoms. The summed E-state index contributed by atoms with van der Waals surface area (Å²) in [6.45, 7) is 7.74. The molecule has 41 heavy (non-hydrogen) atoms. The van der Waals surface area contributed by atoms with E-state index in [9.17, 15) is 27.6 Å². The molecular formula is C30H29F3N4O4. The van der Waals surface area contributed by atoms with Gasteiger partial charge in [-0.25, -0.2) is 13.2 Å². The van der Waals surface area contributed by atoms with Crippen molar-refractivity contribution < 1.29 is 27.5 Å². The maximum atomic E-state index is 14.1. The first-order chi connectivity index (χ1) is 19.7. The fourth-order valence-electron chi connectivity index (χ4n) is 4.34. The number of hydrogen-bond acceptors (Lipinski definition) is 5. The summed E-state index contributed by atoms with van der Waals surface area (Å²) >= 11 is 0. The van der Waals surface area contributed by atoms with E-state index in [0.717, 1.165) is 6.07 Å². The van der Waals surface area contributed by atoms with Gasteiger partial charge in [0.25, 0.3) is 11.8 Å². The average Bonchev–Trinajstić information content (AvgIpc) is 2.97. The summed E-state index contributed by atoms with van der Waals surface area (Å²) < 4.78 is 48.6. The number of alkyl halides is 1. The van der Waals surface area contributed by atoms with Crippen LogP contribution in [0.1, 0.15) is 38.9 Å². The van der Waals surface area contributed by atoms with Crippen molar-refractivity contribution in [3.05, 3.63) is 124 Å². The monoisotopic (exact) mass is 566 g/mol. The predicted molar refractivity (Wildman–Crippen MR) is 148 cm³/mol. The van der Waals surface area contributed by atoms with E-state index < -0.39 is 53.4 Å². The van der Waals surface area contributed by atoms with E-state index in [-0.39, 0.29) is 36.6 Å². The molecule has 2 atom stereocenters. The Kier molecular flexibility index (Phi) is 8.96. The first-order valence-electron chi connectivity index (χ1n) is 12.8. The van der Waals surface area contributed by atoms with Gasteiger partial charge in [0.2, 0.25) is 5.43 Å². The van der Waals surface area contributed by atoms with E-state index in [4.69, 9.17) is 4.74 Å². The number of ether oxygens (including phenoxy) is 1. The lowest BCUT2D eigenvalue weighted by Gasteiger charge is -2.44. The summed E-state index contributed by atoms with van der Waals surface area (Å²) in [4.78, 5) is 41.9.